The molecule has 1 amide bonds. The van der Waals surface area contributed by atoms with E-state index >= 15 is 0 Å². The number of hydrogen-bond donors (Lipinski definition) is 0. The van der Waals surface area contributed by atoms with Crippen molar-refractivity contribution in [1.82, 2.24) is 9.47 Å². The van der Waals surface area contributed by atoms with Gasteiger partial charge in [-0.2, -0.15) is 0 Å². The molecule has 0 aliphatic rings. The summed E-state index contributed by atoms with van der Waals surface area (Å²) < 4.78 is 6.96. The van der Waals surface area contributed by atoms with Crippen LogP contribution in [0.15, 0.2) is 29.1 Å². The predicted octanol–water partition coefficient (Wildman–Crippen LogP) is 4.49. The Bertz CT molecular complexity index is 914. The normalized spacial score (nSPS) is 12.3. The summed E-state index contributed by atoms with van der Waals surface area (Å²) in [5, 5.41) is 0.938. The third-order valence-corrected chi connectivity index (χ3v) is 4.74. The monoisotopic (exact) mass is 400 g/mol. The Balaban J connectivity index is 2.52. The summed E-state index contributed by atoms with van der Waals surface area (Å²) in [6.07, 6.45) is 0.628. The van der Waals surface area contributed by atoms with Crippen molar-refractivity contribution in [2.75, 3.05) is 20.2 Å². The number of pyridine rings is 1. The van der Waals surface area contributed by atoms with E-state index in [1.807, 2.05) is 36.1 Å². The molecule has 0 unspecified atom stereocenters. The van der Waals surface area contributed by atoms with Crippen molar-refractivity contribution in [2.24, 2.45) is 10.8 Å². The van der Waals surface area contributed by atoms with Gasteiger partial charge in [0.05, 0.1) is 12.6 Å². The third-order valence-electron chi connectivity index (χ3n) is 4.74. The maximum absolute atomic E-state index is 13.4. The quantitative estimate of drug-likeness (QED) is 0.718. The van der Waals surface area contributed by atoms with Crippen molar-refractivity contribution in [3.63, 3.8) is 0 Å². The molecule has 0 bridgehead atoms. The van der Waals surface area contributed by atoms with Crippen LogP contribution in [0.2, 0.25) is 0 Å². The molecule has 1 heterocycles. The smallest absolute Gasteiger partial charge is 0.254 e. The van der Waals surface area contributed by atoms with Gasteiger partial charge in [0.15, 0.2) is 0 Å². The summed E-state index contributed by atoms with van der Waals surface area (Å²) in [4.78, 5) is 28.3. The molecule has 1 aromatic heterocycles. The Morgan fingerprint density at radius 3 is 2.10 bits per heavy atom. The number of ether oxygens (including phenoxy) is 1. The molecule has 0 aliphatic carbocycles. The Kier molecular flexibility index (Phi) is 6.82. The molecule has 5 heteroatoms. The van der Waals surface area contributed by atoms with Crippen LogP contribution in [-0.2, 0) is 17.8 Å². The van der Waals surface area contributed by atoms with Gasteiger partial charge in [-0.25, -0.2) is 0 Å². The van der Waals surface area contributed by atoms with E-state index in [-0.39, 0.29) is 28.8 Å². The largest absolute Gasteiger partial charge is 0.497 e. The van der Waals surface area contributed by atoms with Crippen LogP contribution in [0, 0.1) is 10.8 Å². The van der Waals surface area contributed by atoms with E-state index in [2.05, 4.69) is 41.5 Å². The van der Waals surface area contributed by atoms with Crippen LogP contribution in [-0.4, -0.2) is 35.6 Å². The van der Waals surface area contributed by atoms with Crippen molar-refractivity contribution >= 4 is 16.8 Å². The average Bonchev–Trinajstić information content (AvgIpc) is 2.60. The summed E-state index contributed by atoms with van der Waals surface area (Å²) >= 11 is 0. The average molecular weight is 401 g/mol. The van der Waals surface area contributed by atoms with Gasteiger partial charge in [-0.15, -0.1) is 0 Å². The minimum atomic E-state index is -0.104. The molecule has 1 aromatic carbocycles. The molecule has 0 saturated carbocycles. The number of hydrogen-bond acceptors (Lipinski definition) is 3. The molecule has 2 aromatic rings. The fourth-order valence-corrected chi connectivity index (χ4v) is 3.56. The topological polar surface area (TPSA) is 51.5 Å². The zero-order valence-corrected chi connectivity index (χ0v) is 19.3. The lowest BCUT2D eigenvalue weighted by Gasteiger charge is -2.35. The van der Waals surface area contributed by atoms with Gasteiger partial charge < -0.3 is 9.64 Å². The minimum Gasteiger partial charge on any atom is -0.497 e. The van der Waals surface area contributed by atoms with Gasteiger partial charge in [0.25, 0.3) is 5.56 Å². The molecule has 0 aliphatic heterocycles. The maximum atomic E-state index is 13.4. The maximum Gasteiger partial charge on any atom is 0.254 e. The number of nitrogens with zero attached hydrogens (tertiary/aromatic N) is 2. The number of carbonyl (C=O) groups excluding carboxylic acids is 1. The van der Waals surface area contributed by atoms with Gasteiger partial charge in [-0.3, -0.25) is 14.2 Å². The first-order chi connectivity index (χ1) is 13.3. The van der Waals surface area contributed by atoms with E-state index in [0.29, 0.717) is 30.8 Å². The van der Waals surface area contributed by atoms with Crippen molar-refractivity contribution in [3.8, 4) is 5.75 Å². The summed E-state index contributed by atoms with van der Waals surface area (Å²) in [7, 11) is 1.60. The van der Waals surface area contributed by atoms with Gasteiger partial charge in [0.2, 0.25) is 5.91 Å². The lowest BCUT2D eigenvalue weighted by Crippen LogP contribution is -2.45. The first-order valence-electron chi connectivity index (χ1n) is 10.3. The number of carbonyl (C=O) groups is 1. The Labute approximate surface area is 174 Å². The second-order valence-electron chi connectivity index (χ2n) is 10.2. The zero-order valence-electron chi connectivity index (χ0n) is 19.3. The molecule has 0 saturated heterocycles. The molecule has 0 N–H and O–H groups in total. The van der Waals surface area contributed by atoms with Gasteiger partial charge in [0, 0.05) is 24.7 Å². The van der Waals surface area contributed by atoms with Crippen molar-refractivity contribution in [2.45, 2.75) is 61.4 Å². The summed E-state index contributed by atoms with van der Waals surface area (Å²) in [6, 6.07) is 7.57. The highest BCUT2D eigenvalue weighted by molar-refractivity contribution is 5.84. The molecule has 0 atom stereocenters. The Morgan fingerprint density at radius 2 is 1.62 bits per heavy atom. The minimum absolute atomic E-state index is 0.0254. The van der Waals surface area contributed by atoms with Crippen molar-refractivity contribution in [1.29, 1.82) is 0 Å². The van der Waals surface area contributed by atoms with Crippen LogP contribution in [0.1, 0.15) is 54.0 Å². The number of aryl methyl sites for hydroxylation is 1. The number of methoxy groups -OCH3 is 1. The van der Waals surface area contributed by atoms with Crippen LogP contribution in [0.4, 0.5) is 0 Å². The predicted molar refractivity (Wildman–Crippen MR) is 120 cm³/mol. The number of fused-ring (bicyclic) bond motifs is 1. The van der Waals surface area contributed by atoms with Crippen molar-refractivity contribution in [3.05, 3.63) is 40.2 Å². The number of amides is 1. The van der Waals surface area contributed by atoms with Crippen LogP contribution in [0.25, 0.3) is 10.9 Å². The standard InChI is InChI=1S/C24H36N2O3/c1-9-17-12-18-10-11-19(29-8)13-20(18)26(22(17)28)14-21(27)25(15-23(2,3)4)16-24(5,6)7/h10-13H,9,14-16H2,1-8H3. The molecule has 0 spiro atoms. The van der Waals surface area contributed by atoms with Gasteiger partial charge in [-0.1, -0.05) is 48.5 Å². The molecular weight excluding hydrogens is 364 g/mol. The van der Waals surface area contributed by atoms with Crippen molar-refractivity contribution < 1.29 is 9.53 Å². The van der Waals surface area contributed by atoms with E-state index in [4.69, 9.17) is 4.74 Å². The lowest BCUT2D eigenvalue weighted by molar-refractivity contribution is -0.134. The summed E-state index contributed by atoms with van der Waals surface area (Å²) in [5.41, 5.74) is 1.29. The zero-order chi connectivity index (χ0) is 22.0. The lowest BCUT2D eigenvalue weighted by atomic mass is 9.92. The third kappa shape index (κ3) is 6.09. The first kappa shape index (κ1) is 23.0. The molecule has 29 heavy (non-hydrogen) atoms. The first-order valence-corrected chi connectivity index (χ1v) is 10.3. The highest BCUT2D eigenvalue weighted by Gasteiger charge is 2.26. The molecule has 5 nitrogen and oxygen atoms in total. The highest BCUT2D eigenvalue weighted by Crippen LogP contribution is 2.23. The fourth-order valence-electron chi connectivity index (χ4n) is 3.56. The fraction of sp³-hybridized carbons (Fsp3) is 0.583. The Morgan fingerprint density at radius 1 is 1.03 bits per heavy atom. The van der Waals surface area contributed by atoms with Gasteiger partial charge >= 0.3 is 0 Å². The van der Waals surface area contributed by atoms with Crippen LogP contribution < -0.4 is 10.3 Å². The second kappa shape index (κ2) is 8.60. The SMILES string of the molecule is CCc1cc2ccc(OC)cc2n(CC(=O)N(CC(C)(C)C)CC(C)(C)C)c1=O. The van der Waals surface area contributed by atoms with Crippen LogP contribution in [0.3, 0.4) is 0 Å². The van der Waals surface area contributed by atoms with E-state index in [1.54, 1.807) is 11.7 Å². The molecule has 160 valence electrons. The Hall–Kier alpha value is -2.30. The van der Waals surface area contributed by atoms with E-state index in [0.717, 1.165) is 10.9 Å². The number of benzene rings is 1. The summed E-state index contributed by atoms with van der Waals surface area (Å²) in [5.74, 6) is 0.637. The van der Waals surface area contributed by atoms with E-state index in [9.17, 15) is 9.59 Å². The molecule has 0 radical (unpaired) electrons. The number of rotatable bonds is 6. The summed E-state index contributed by atoms with van der Waals surface area (Å²) in [6.45, 7) is 16.0. The van der Waals surface area contributed by atoms with E-state index < -0.39 is 0 Å². The van der Waals surface area contributed by atoms with E-state index in [1.165, 1.54) is 0 Å². The number of aromatic nitrogens is 1. The van der Waals surface area contributed by atoms with Gasteiger partial charge in [-0.05, 0) is 40.8 Å². The molecule has 0 fully saturated rings. The second-order valence-corrected chi connectivity index (χ2v) is 10.2. The molecule has 2 rings (SSSR count). The highest BCUT2D eigenvalue weighted by atomic mass is 16.5. The molecular formula is C24H36N2O3. The van der Waals surface area contributed by atoms with Gasteiger partial charge in [0.1, 0.15) is 12.3 Å². The van der Waals surface area contributed by atoms with Crippen LogP contribution in [0.5, 0.6) is 5.75 Å². The van der Waals surface area contributed by atoms with Crippen LogP contribution >= 0.6 is 0 Å².